The minimum atomic E-state index is -0.147. The smallest absolute Gasteiger partial charge is 0.274 e. The van der Waals surface area contributed by atoms with Crippen molar-refractivity contribution in [3.05, 3.63) is 99.9 Å². The molecular weight excluding hydrogens is 440 g/mol. The number of rotatable bonds is 9. The average Bonchev–Trinajstić information content (AvgIpc) is 3.58. The molecule has 1 unspecified atom stereocenters. The van der Waals surface area contributed by atoms with Crippen LogP contribution in [0, 0.1) is 0 Å². The molecule has 5 aromatic rings. The lowest BCUT2D eigenvalue weighted by molar-refractivity contribution is 0.318. The largest absolute Gasteiger partial charge is 0.359 e. The zero-order valence-electron chi connectivity index (χ0n) is 20.3. The molecule has 0 aliphatic rings. The Morgan fingerprint density at radius 3 is 2.51 bits per heavy atom. The molecule has 0 N–H and O–H groups in total. The van der Waals surface area contributed by atoms with Crippen LogP contribution in [0.15, 0.2) is 76.2 Å². The number of hydrogen-bond donors (Lipinski definition) is 0. The first-order valence-electron chi connectivity index (χ1n) is 12.1. The number of para-hydroxylation sites is 1. The van der Waals surface area contributed by atoms with Crippen molar-refractivity contribution in [2.45, 2.75) is 58.7 Å². The minimum Gasteiger partial charge on any atom is -0.359 e. The SMILES string of the molecule is CC(C)c1cc(Cn2c3ccccc3c(=O)n2C(C)Cn2cc(CCc3ccccc3)nn2)on1. The second kappa shape index (κ2) is 9.74. The molecule has 0 spiro atoms. The van der Waals surface area contributed by atoms with Crippen molar-refractivity contribution in [1.29, 1.82) is 0 Å². The average molecular weight is 471 g/mol. The zero-order valence-corrected chi connectivity index (χ0v) is 20.3. The Kier molecular flexibility index (Phi) is 6.35. The molecule has 0 radical (unpaired) electrons. The van der Waals surface area contributed by atoms with E-state index in [4.69, 9.17) is 4.52 Å². The van der Waals surface area contributed by atoms with Gasteiger partial charge >= 0.3 is 0 Å². The molecular formula is C27H30N6O2. The Morgan fingerprint density at radius 1 is 0.971 bits per heavy atom. The van der Waals surface area contributed by atoms with Gasteiger partial charge in [-0.3, -0.25) is 14.2 Å². The van der Waals surface area contributed by atoms with Crippen molar-refractivity contribution in [2.75, 3.05) is 0 Å². The van der Waals surface area contributed by atoms with E-state index in [0.717, 1.165) is 35.5 Å². The maximum atomic E-state index is 13.4. The summed E-state index contributed by atoms with van der Waals surface area (Å²) in [5, 5.41) is 13.5. The van der Waals surface area contributed by atoms with E-state index in [-0.39, 0.29) is 17.5 Å². The highest BCUT2D eigenvalue weighted by molar-refractivity contribution is 5.78. The first kappa shape index (κ1) is 22.8. The number of aryl methyl sites for hydroxylation is 2. The van der Waals surface area contributed by atoms with Crippen molar-refractivity contribution >= 4 is 10.9 Å². The molecule has 8 heteroatoms. The molecule has 0 aliphatic heterocycles. The molecule has 180 valence electrons. The van der Waals surface area contributed by atoms with Gasteiger partial charge < -0.3 is 4.52 Å². The van der Waals surface area contributed by atoms with Crippen LogP contribution in [0.25, 0.3) is 10.9 Å². The fraction of sp³-hybridized carbons (Fsp3) is 0.333. The van der Waals surface area contributed by atoms with Crippen LogP contribution in [-0.4, -0.2) is 29.5 Å². The molecule has 0 bridgehead atoms. The highest BCUT2D eigenvalue weighted by atomic mass is 16.5. The molecule has 2 aromatic carbocycles. The van der Waals surface area contributed by atoms with Crippen LogP contribution in [0.1, 0.15) is 55.4 Å². The van der Waals surface area contributed by atoms with E-state index >= 15 is 0 Å². The van der Waals surface area contributed by atoms with Crippen molar-refractivity contribution in [1.82, 2.24) is 29.5 Å². The molecule has 1 atom stereocenters. The van der Waals surface area contributed by atoms with Gasteiger partial charge in [0.15, 0.2) is 5.76 Å². The molecule has 0 aliphatic carbocycles. The molecule has 3 aromatic heterocycles. The van der Waals surface area contributed by atoms with Crippen molar-refractivity contribution in [3.63, 3.8) is 0 Å². The summed E-state index contributed by atoms with van der Waals surface area (Å²) in [6.45, 7) is 7.14. The molecule has 35 heavy (non-hydrogen) atoms. The third-order valence-electron chi connectivity index (χ3n) is 6.32. The third-order valence-corrected chi connectivity index (χ3v) is 6.32. The second-order valence-corrected chi connectivity index (χ2v) is 9.36. The van der Waals surface area contributed by atoms with Crippen LogP contribution in [0.3, 0.4) is 0 Å². The quantitative estimate of drug-likeness (QED) is 0.314. The zero-order chi connectivity index (χ0) is 24.4. The maximum Gasteiger partial charge on any atom is 0.274 e. The van der Waals surface area contributed by atoms with Crippen LogP contribution in [-0.2, 0) is 25.9 Å². The summed E-state index contributed by atoms with van der Waals surface area (Å²) >= 11 is 0. The predicted molar refractivity (Wildman–Crippen MR) is 134 cm³/mol. The highest BCUT2D eigenvalue weighted by Crippen LogP contribution is 2.20. The lowest BCUT2D eigenvalue weighted by Gasteiger charge is -2.18. The van der Waals surface area contributed by atoms with Gasteiger partial charge in [-0.25, -0.2) is 4.68 Å². The lowest BCUT2D eigenvalue weighted by Crippen LogP contribution is -2.29. The van der Waals surface area contributed by atoms with E-state index in [9.17, 15) is 4.79 Å². The molecule has 3 heterocycles. The first-order chi connectivity index (χ1) is 17.0. The van der Waals surface area contributed by atoms with Crippen LogP contribution in [0.4, 0.5) is 0 Å². The molecule has 8 nitrogen and oxygen atoms in total. The van der Waals surface area contributed by atoms with Gasteiger partial charge in [0.05, 0.1) is 34.9 Å². The normalized spacial score (nSPS) is 12.6. The van der Waals surface area contributed by atoms with Gasteiger partial charge in [-0.2, -0.15) is 0 Å². The Hall–Kier alpha value is -3.94. The summed E-state index contributed by atoms with van der Waals surface area (Å²) in [5.41, 5.74) is 3.97. The van der Waals surface area contributed by atoms with E-state index in [0.29, 0.717) is 18.5 Å². The number of fused-ring (bicyclic) bond motifs is 1. The van der Waals surface area contributed by atoms with Crippen molar-refractivity contribution < 1.29 is 4.52 Å². The van der Waals surface area contributed by atoms with Crippen LogP contribution in [0.2, 0.25) is 0 Å². The van der Waals surface area contributed by atoms with Crippen molar-refractivity contribution in [3.8, 4) is 0 Å². The summed E-state index contributed by atoms with van der Waals surface area (Å²) in [5.74, 6) is 0.998. The van der Waals surface area contributed by atoms with Gasteiger partial charge in [-0.15, -0.1) is 5.10 Å². The van der Waals surface area contributed by atoms with Crippen LogP contribution >= 0.6 is 0 Å². The Balaban J connectivity index is 1.39. The topological polar surface area (TPSA) is 83.7 Å². The summed E-state index contributed by atoms with van der Waals surface area (Å²) in [6, 6.07) is 19.9. The standard InChI is InChI=1S/C27H30N6O2/c1-19(2)25-15-23(35-29-25)18-32-26-12-8-7-11-24(26)27(34)33(32)20(3)16-31-17-22(28-30-31)14-13-21-9-5-4-6-10-21/h4-12,15,17,19-20H,13-14,16,18H2,1-3H3. The van der Waals surface area contributed by atoms with Gasteiger partial charge in [0, 0.05) is 12.3 Å². The first-order valence-corrected chi connectivity index (χ1v) is 12.1. The monoisotopic (exact) mass is 470 g/mol. The fourth-order valence-electron chi connectivity index (χ4n) is 4.46. The van der Waals surface area contributed by atoms with Crippen LogP contribution < -0.4 is 5.56 Å². The predicted octanol–water partition coefficient (Wildman–Crippen LogP) is 4.60. The summed E-state index contributed by atoms with van der Waals surface area (Å²) in [7, 11) is 0. The van der Waals surface area contributed by atoms with Gasteiger partial charge in [-0.05, 0) is 43.4 Å². The maximum absolute atomic E-state index is 13.4. The summed E-state index contributed by atoms with van der Waals surface area (Å²) < 4.78 is 11.2. The van der Waals surface area contributed by atoms with E-state index in [1.807, 2.05) is 71.0 Å². The Labute approximate surface area is 203 Å². The van der Waals surface area contributed by atoms with Crippen molar-refractivity contribution in [2.24, 2.45) is 0 Å². The number of benzene rings is 2. The fourth-order valence-corrected chi connectivity index (χ4v) is 4.46. The molecule has 0 saturated heterocycles. The third kappa shape index (κ3) is 4.82. The number of hydrogen-bond acceptors (Lipinski definition) is 5. The van der Waals surface area contributed by atoms with Crippen LogP contribution in [0.5, 0.6) is 0 Å². The van der Waals surface area contributed by atoms with E-state index in [2.05, 4.69) is 41.4 Å². The Bertz CT molecular complexity index is 1470. The molecule has 0 saturated carbocycles. The minimum absolute atomic E-state index is 0.0267. The highest BCUT2D eigenvalue weighted by Gasteiger charge is 2.20. The molecule has 0 fully saturated rings. The van der Waals surface area contributed by atoms with Gasteiger partial charge in [0.1, 0.15) is 6.54 Å². The van der Waals surface area contributed by atoms with Gasteiger partial charge in [0.2, 0.25) is 0 Å². The van der Waals surface area contributed by atoms with E-state index in [1.54, 1.807) is 4.68 Å². The summed E-state index contributed by atoms with van der Waals surface area (Å²) in [4.78, 5) is 13.4. The lowest BCUT2D eigenvalue weighted by atomic mass is 10.1. The van der Waals surface area contributed by atoms with E-state index in [1.165, 1.54) is 5.56 Å². The Morgan fingerprint density at radius 2 is 1.74 bits per heavy atom. The number of nitrogens with zero attached hydrogens (tertiary/aromatic N) is 6. The van der Waals surface area contributed by atoms with Gasteiger partial charge in [0.25, 0.3) is 5.56 Å². The van der Waals surface area contributed by atoms with E-state index < -0.39 is 0 Å². The second-order valence-electron chi connectivity index (χ2n) is 9.36. The van der Waals surface area contributed by atoms with Gasteiger partial charge in [-0.1, -0.05) is 66.7 Å². The number of aromatic nitrogens is 6. The summed E-state index contributed by atoms with van der Waals surface area (Å²) in [6.07, 6.45) is 3.71. The molecule has 0 amide bonds. The molecule has 5 rings (SSSR count).